The summed E-state index contributed by atoms with van der Waals surface area (Å²) >= 11 is 22.9. The first-order valence-electron chi connectivity index (χ1n) is 9.44. The third kappa shape index (κ3) is 119. The van der Waals surface area contributed by atoms with E-state index >= 15 is 0 Å². The van der Waals surface area contributed by atoms with Crippen molar-refractivity contribution >= 4 is 122 Å². The first-order valence-corrected chi connectivity index (χ1v) is 15.5. The summed E-state index contributed by atoms with van der Waals surface area (Å²) in [5.41, 5.74) is 0. The van der Waals surface area contributed by atoms with Crippen LogP contribution in [0.25, 0.3) is 0 Å². The van der Waals surface area contributed by atoms with Crippen LogP contribution in [0.1, 0.15) is 26.2 Å². The molecular formula is C17H38O10S8. The van der Waals surface area contributed by atoms with Crippen LogP contribution in [0.3, 0.4) is 0 Å². The molecule has 0 unspecified atom stereocenters. The fourth-order valence-corrected chi connectivity index (χ4v) is 2.15. The Morgan fingerprint density at radius 1 is 0.657 bits per heavy atom. The van der Waals surface area contributed by atoms with Gasteiger partial charge < -0.3 is 29.7 Å². The molecule has 0 bridgehead atoms. The maximum atomic E-state index is 9.55. The Balaban J connectivity index is -0.0000000724. The molecule has 0 aliphatic heterocycles. The van der Waals surface area contributed by atoms with E-state index in [9.17, 15) is 19.2 Å². The summed E-state index contributed by atoms with van der Waals surface area (Å²) in [4.78, 5) is 37.7. The Morgan fingerprint density at radius 3 is 1.06 bits per heavy atom. The lowest BCUT2D eigenvalue weighted by Crippen LogP contribution is -1.97. The Kier molecular flexibility index (Phi) is 71.3. The van der Waals surface area contributed by atoms with Gasteiger partial charge in [-0.1, -0.05) is 17.7 Å². The molecule has 0 atom stereocenters. The Hall–Kier alpha value is 0.600. The number of carboxylic acid groups (broad SMARTS) is 4. The van der Waals surface area contributed by atoms with E-state index in [1.54, 1.807) is 0 Å². The highest BCUT2D eigenvalue weighted by atomic mass is 33.1. The summed E-state index contributed by atoms with van der Waals surface area (Å²) in [5.74, 6) is -0.00965. The van der Waals surface area contributed by atoms with Crippen LogP contribution in [0.5, 0.6) is 0 Å². The minimum atomic E-state index is -0.881. The molecule has 0 radical (unpaired) electrons. The van der Waals surface area contributed by atoms with Crippen molar-refractivity contribution in [3.05, 3.63) is 0 Å². The third-order valence-corrected chi connectivity index (χ3v) is 4.58. The summed E-state index contributed by atoms with van der Waals surface area (Å²) in [6.07, 6.45) is 1.45. The Morgan fingerprint density at radius 2 is 0.971 bits per heavy atom. The zero-order chi connectivity index (χ0) is 28.9. The molecule has 0 amide bonds. The molecule has 18 heteroatoms. The van der Waals surface area contributed by atoms with Crippen LogP contribution in [0.2, 0.25) is 0 Å². The van der Waals surface area contributed by atoms with Crippen molar-refractivity contribution in [2.24, 2.45) is 0 Å². The van der Waals surface area contributed by atoms with Crippen molar-refractivity contribution in [1.82, 2.24) is 0 Å². The second-order valence-corrected chi connectivity index (χ2v) is 9.16. The maximum Gasteiger partial charge on any atom is 0.313 e. The number of carbonyl (C=O) groups is 4. The van der Waals surface area contributed by atoms with E-state index in [1.165, 1.54) is 10.8 Å². The maximum absolute atomic E-state index is 9.55. The van der Waals surface area contributed by atoms with Gasteiger partial charge in [-0.3, -0.25) is 19.2 Å². The van der Waals surface area contributed by atoms with Gasteiger partial charge in [0.25, 0.3) is 0 Å². The topological polar surface area (TPSA) is 179 Å². The number of ether oxygens (including phenoxy) is 1. The fraction of sp³-hybridized carbons (Fsp3) is 0.765. The van der Waals surface area contributed by atoms with Gasteiger partial charge in [0.15, 0.2) is 0 Å². The molecule has 0 aliphatic carbocycles. The van der Waals surface area contributed by atoms with Crippen molar-refractivity contribution in [3.63, 3.8) is 0 Å². The van der Waals surface area contributed by atoms with Crippen LogP contribution in [0, 0.1) is 0 Å². The summed E-state index contributed by atoms with van der Waals surface area (Å²) < 4.78 is 13.1. The summed E-state index contributed by atoms with van der Waals surface area (Å²) in [5, 5.41) is 31.0. The van der Waals surface area contributed by atoms with Gasteiger partial charge in [-0.05, 0) is 6.42 Å². The molecule has 0 rings (SSSR count). The van der Waals surface area contributed by atoms with Crippen LogP contribution in [0.15, 0.2) is 0 Å². The van der Waals surface area contributed by atoms with E-state index < -0.39 is 23.9 Å². The number of carboxylic acids is 4. The number of rotatable bonds is 13. The Labute approximate surface area is 248 Å². The molecule has 0 saturated carbocycles. The van der Waals surface area contributed by atoms with Crippen LogP contribution in [0.4, 0.5) is 0 Å². The van der Waals surface area contributed by atoms with E-state index in [0.29, 0.717) is 11.5 Å². The fourth-order valence-electron chi connectivity index (χ4n) is 0.543. The summed E-state index contributed by atoms with van der Waals surface area (Å²) in [6.45, 7) is 3.57. The molecular weight excluding hydrogens is 621 g/mol. The molecule has 0 aromatic rings. The van der Waals surface area contributed by atoms with Crippen LogP contribution < -0.4 is 0 Å². The highest BCUT2D eigenvalue weighted by Gasteiger charge is 1.88. The van der Waals surface area contributed by atoms with E-state index in [1.807, 2.05) is 0 Å². The van der Waals surface area contributed by atoms with Gasteiger partial charge in [0.05, 0.1) is 48.6 Å². The van der Waals surface area contributed by atoms with Crippen molar-refractivity contribution in [1.29, 1.82) is 0 Å². The van der Waals surface area contributed by atoms with Gasteiger partial charge in [0, 0.05) is 28.8 Å². The van der Waals surface area contributed by atoms with Gasteiger partial charge in [-0.15, -0.1) is 0 Å². The van der Waals surface area contributed by atoms with E-state index in [0.717, 1.165) is 48.0 Å². The number of hydrogen-bond donors (Lipinski definition) is 11. The third-order valence-electron chi connectivity index (χ3n) is 1.73. The van der Waals surface area contributed by atoms with Crippen LogP contribution in [-0.4, -0.2) is 102 Å². The monoisotopic (exact) mass is 658 g/mol. The quantitative estimate of drug-likeness (QED) is 0.0596. The molecule has 0 heterocycles. The molecule has 35 heavy (non-hydrogen) atoms. The summed E-state index contributed by atoms with van der Waals surface area (Å²) in [6, 6.07) is 0. The molecule has 5 N–H and O–H groups in total. The van der Waals surface area contributed by atoms with E-state index in [2.05, 4.69) is 82.7 Å². The number of aliphatic carboxylic acids is 4. The van der Waals surface area contributed by atoms with E-state index in [4.69, 9.17) is 29.7 Å². The number of hydrogen-bond acceptors (Lipinski definition) is 14. The summed E-state index contributed by atoms with van der Waals surface area (Å²) in [7, 11) is 1.48. The van der Waals surface area contributed by atoms with Gasteiger partial charge >= 0.3 is 23.9 Å². The SMILES string of the molecule is CCCSSO.O=C(O)CCS.O=C(O)CCS.O=C(O)CS.O=C(O)CS.SCCOCCS. The lowest BCUT2D eigenvalue weighted by Gasteiger charge is -1.94. The minimum absolute atomic E-state index is 0.0833. The average molecular weight is 659 g/mol. The van der Waals surface area contributed by atoms with Crippen LogP contribution in [-0.2, 0) is 23.9 Å². The Bertz CT molecular complexity index is 411. The van der Waals surface area contributed by atoms with Gasteiger partial charge in [0.1, 0.15) is 0 Å². The molecule has 0 aliphatic rings. The molecule has 0 fully saturated rings. The lowest BCUT2D eigenvalue weighted by atomic mass is 10.5. The molecule has 0 aromatic carbocycles. The first kappa shape index (κ1) is 48.6. The predicted molar refractivity (Wildman–Crippen MR) is 167 cm³/mol. The van der Waals surface area contributed by atoms with Crippen molar-refractivity contribution in [2.45, 2.75) is 26.2 Å². The first-order chi connectivity index (χ1) is 16.4. The average Bonchev–Trinajstić information content (AvgIpc) is 2.80. The molecule has 10 nitrogen and oxygen atoms in total. The zero-order valence-corrected chi connectivity index (χ0v) is 26.3. The smallest absolute Gasteiger partial charge is 0.313 e. The normalized spacial score (nSPS) is 8.34. The minimum Gasteiger partial charge on any atom is -0.481 e. The molecule has 0 saturated heterocycles. The van der Waals surface area contributed by atoms with Crippen molar-refractivity contribution in [2.75, 3.05) is 53.5 Å². The van der Waals surface area contributed by atoms with Gasteiger partial charge in [-0.25, -0.2) is 0 Å². The van der Waals surface area contributed by atoms with Gasteiger partial charge in [-0.2, -0.15) is 75.8 Å². The molecule has 0 spiro atoms. The molecule has 0 aromatic heterocycles. The predicted octanol–water partition coefficient (Wildman–Crippen LogP) is 3.90. The zero-order valence-electron chi connectivity index (χ0n) is 19.3. The van der Waals surface area contributed by atoms with E-state index in [-0.39, 0.29) is 24.3 Å². The van der Waals surface area contributed by atoms with Gasteiger partial charge in [0.2, 0.25) is 0 Å². The standard InChI is InChI=1S/C4H10OS2.2C3H6O2S.C3H8OS2.2C2H4O2S/c6-3-1-5-2-4-7;2*4-3(5)1-2-6;1-2-3-5-6-4;2*3-2(4)1-5/h6-7H,1-4H2;2*6H,1-2H2,(H,4,5);4H,2-3H2,1H3;2*5H,1H2,(H,3,4). The highest BCUT2D eigenvalue weighted by molar-refractivity contribution is 8.74. The largest absolute Gasteiger partial charge is 0.481 e. The molecule has 214 valence electrons. The lowest BCUT2D eigenvalue weighted by molar-refractivity contribution is -0.137. The second-order valence-electron chi connectivity index (χ2n) is 4.79. The highest BCUT2D eigenvalue weighted by Crippen LogP contribution is 2.15. The van der Waals surface area contributed by atoms with Crippen molar-refractivity contribution in [3.8, 4) is 0 Å². The number of thiol groups is 6. The van der Waals surface area contributed by atoms with Crippen molar-refractivity contribution < 1.29 is 48.9 Å². The van der Waals surface area contributed by atoms with Crippen LogP contribution >= 0.6 is 97.6 Å². The second kappa shape index (κ2) is 51.3.